The molecule has 5 nitrogen and oxygen atoms in total. The molecule has 1 saturated heterocycles. The average molecular weight is 304 g/mol. The first kappa shape index (κ1) is 16.3. The molecule has 0 aromatic heterocycles. The van der Waals surface area contributed by atoms with Gasteiger partial charge in [0.15, 0.2) is 0 Å². The van der Waals surface area contributed by atoms with Gasteiger partial charge in [-0.25, -0.2) is 4.79 Å². The SMILES string of the molecule is CC(C)(C)OC(=O)N1CCC(C(=O)[O-])(c2ccccc2)CC1. The van der Waals surface area contributed by atoms with Crippen LogP contribution in [0.15, 0.2) is 30.3 Å². The van der Waals surface area contributed by atoms with Gasteiger partial charge in [0.05, 0.1) is 5.97 Å². The number of likely N-dealkylation sites (tertiary alicyclic amines) is 1. The molecule has 1 amide bonds. The average Bonchev–Trinajstić information content (AvgIpc) is 2.46. The molecule has 1 aromatic carbocycles. The van der Waals surface area contributed by atoms with Crippen molar-refractivity contribution in [2.24, 2.45) is 0 Å². The fourth-order valence-electron chi connectivity index (χ4n) is 2.77. The van der Waals surface area contributed by atoms with E-state index in [0.29, 0.717) is 25.9 Å². The number of carbonyl (C=O) groups is 2. The Balaban J connectivity index is 2.11. The smallest absolute Gasteiger partial charge is 0.410 e. The van der Waals surface area contributed by atoms with Gasteiger partial charge >= 0.3 is 6.09 Å². The van der Waals surface area contributed by atoms with Crippen LogP contribution in [0.1, 0.15) is 39.2 Å². The van der Waals surface area contributed by atoms with Crippen molar-refractivity contribution in [3.63, 3.8) is 0 Å². The number of amides is 1. The summed E-state index contributed by atoms with van der Waals surface area (Å²) in [7, 11) is 0. The third-order valence-corrected chi connectivity index (χ3v) is 3.99. The zero-order valence-electron chi connectivity index (χ0n) is 13.3. The monoisotopic (exact) mass is 304 g/mol. The first-order chi connectivity index (χ1) is 10.2. The van der Waals surface area contributed by atoms with Gasteiger partial charge in [0, 0.05) is 18.5 Å². The number of ether oxygens (including phenoxy) is 1. The number of hydrogen-bond acceptors (Lipinski definition) is 4. The predicted octanol–water partition coefficient (Wildman–Crippen LogP) is 1.71. The Hall–Kier alpha value is -2.04. The van der Waals surface area contributed by atoms with E-state index in [1.807, 2.05) is 39.0 Å². The minimum absolute atomic E-state index is 0.332. The molecule has 0 N–H and O–H groups in total. The van der Waals surface area contributed by atoms with Crippen molar-refractivity contribution in [1.29, 1.82) is 0 Å². The number of carboxylic acid groups (broad SMARTS) is 1. The number of hydrogen-bond donors (Lipinski definition) is 0. The van der Waals surface area contributed by atoms with Crippen LogP contribution in [0.2, 0.25) is 0 Å². The maximum Gasteiger partial charge on any atom is 0.410 e. The van der Waals surface area contributed by atoms with Crippen LogP contribution < -0.4 is 5.11 Å². The fourth-order valence-corrected chi connectivity index (χ4v) is 2.77. The molecule has 22 heavy (non-hydrogen) atoms. The molecule has 1 heterocycles. The lowest BCUT2D eigenvalue weighted by Gasteiger charge is -2.43. The van der Waals surface area contributed by atoms with Crippen LogP contribution in [0.4, 0.5) is 4.79 Å². The minimum atomic E-state index is -1.08. The maximum atomic E-state index is 12.1. The summed E-state index contributed by atoms with van der Waals surface area (Å²) in [5.41, 5.74) is -0.849. The highest BCUT2D eigenvalue weighted by Crippen LogP contribution is 2.35. The van der Waals surface area contributed by atoms with Crippen molar-refractivity contribution >= 4 is 12.1 Å². The predicted molar refractivity (Wildman–Crippen MR) is 80.2 cm³/mol. The van der Waals surface area contributed by atoms with Crippen molar-refractivity contribution < 1.29 is 19.4 Å². The Kier molecular flexibility index (Phi) is 4.44. The number of carbonyl (C=O) groups excluding carboxylic acids is 2. The second-order valence-corrected chi connectivity index (χ2v) is 6.70. The number of carboxylic acids is 1. The van der Waals surface area contributed by atoms with Gasteiger partial charge in [0.25, 0.3) is 0 Å². The lowest BCUT2D eigenvalue weighted by Crippen LogP contribution is -2.54. The highest BCUT2D eigenvalue weighted by atomic mass is 16.6. The first-order valence-electron chi connectivity index (χ1n) is 7.49. The number of aliphatic carboxylic acids is 1. The third kappa shape index (κ3) is 3.40. The summed E-state index contributed by atoms with van der Waals surface area (Å²) in [5.74, 6) is -1.08. The van der Waals surface area contributed by atoms with Gasteiger partial charge < -0.3 is 19.5 Å². The maximum absolute atomic E-state index is 12.1. The van der Waals surface area contributed by atoms with Gasteiger partial charge in [-0.2, -0.15) is 0 Å². The number of nitrogens with zero attached hydrogens (tertiary/aromatic N) is 1. The summed E-state index contributed by atoms with van der Waals surface area (Å²) in [6.45, 7) is 6.12. The van der Waals surface area contributed by atoms with Crippen LogP contribution in [-0.4, -0.2) is 35.7 Å². The molecule has 1 aromatic rings. The van der Waals surface area contributed by atoms with E-state index in [2.05, 4.69) is 0 Å². The highest BCUT2D eigenvalue weighted by molar-refractivity contribution is 5.80. The van der Waals surface area contributed by atoms with E-state index >= 15 is 0 Å². The zero-order valence-corrected chi connectivity index (χ0v) is 13.3. The van der Waals surface area contributed by atoms with Crippen molar-refractivity contribution in [3.8, 4) is 0 Å². The second-order valence-electron chi connectivity index (χ2n) is 6.70. The van der Waals surface area contributed by atoms with Crippen LogP contribution in [-0.2, 0) is 14.9 Å². The van der Waals surface area contributed by atoms with E-state index in [-0.39, 0.29) is 0 Å². The molecule has 0 bridgehead atoms. The normalized spacial score (nSPS) is 17.9. The Morgan fingerprint density at radius 3 is 2.14 bits per heavy atom. The van der Waals surface area contributed by atoms with E-state index in [4.69, 9.17) is 4.74 Å². The van der Waals surface area contributed by atoms with Crippen molar-refractivity contribution in [2.75, 3.05) is 13.1 Å². The summed E-state index contributed by atoms with van der Waals surface area (Å²) >= 11 is 0. The van der Waals surface area contributed by atoms with Crippen molar-refractivity contribution in [3.05, 3.63) is 35.9 Å². The molecule has 5 heteroatoms. The Labute approximate surface area is 130 Å². The van der Waals surface area contributed by atoms with Crippen LogP contribution in [0, 0.1) is 0 Å². The molecule has 0 atom stereocenters. The van der Waals surface area contributed by atoms with Gasteiger partial charge in [-0.15, -0.1) is 0 Å². The fraction of sp³-hybridized carbons (Fsp3) is 0.529. The molecule has 1 fully saturated rings. The first-order valence-corrected chi connectivity index (χ1v) is 7.49. The lowest BCUT2D eigenvalue weighted by molar-refractivity contribution is -0.315. The van der Waals surface area contributed by atoms with Gasteiger partial charge in [0.2, 0.25) is 0 Å². The van der Waals surface area contributed by atoms with Gasteiger partial charge in [-0.1, -0.05) is 30.3 Å². The van der Waals surface area contributed by atoms with Gasteiger partial charge in [-0.05, 0) is 39.2 Å². The molecule has 0 aliphatic carbocycles. The summed E-state index contributed by atoms with van der Waals surface area (Å²) in [4.78, 5) is 25.4. The molecular weight excluding hydrogens is 282 g/mol. The van der Waals surface area contributed by atoms with E-state index in [9.17, 15) is 14.7 Å². The van der Waals surface area contributed by atoms with E-state index in [1.165, 1.54) is 0 Å². The minimum Gasteiger partial charge on any atom is -0.549 e. The van der Waals surface area contributed by atoms with Crippen molar-refractivity contribution in [2.45, 2.75) is 44.6 Å². The largest absolute Gasteiger partial charge is 0.549 e. The van der Waals surface area contributed by atoms with Crippen LogP contribution >= 0.6 is 0 Å². The van der Waals surface area contributed by atoms with Crippen molar-refractivity contribution in [1.82, 2.24) is 4.90 Å². The van der Waals surface area contributed by atoms with E-state index in [1.54, 1.807) is 17.0 Å². The van der Waals surface area contributed by atoms with E-state index < -0.39 is 23.1 Å². The van der Waals surface area contributed by atoms with E-state index in [0.717, 1.165) is 5.56 Å². The summed E-state index contributed by atoms with van der Waals surface area (Å²) in [5, 5.41) is 11.7. The molecule has 120 valence electrons. The van der Waals surface area contributed by atoms with Crippen LogP contribution in [0.3, 0.4) is 0 Å². The lowest BCUT2D eigenvalue weighted by atomic mass is 9.73. The van der Waals surface area contributed by atoms with Crippen LogP contribution in [0.5, 0.6) is 0 Å². The van der Waals surface area contributed by atoms with Gasteiger partial charge in [0.1, 0.15) is 5.60 Å². The Bertz CT molecular complexity index is 540. The second kappa shape index (κ2) is 5.99. The number of rotatable bonds is 2. The summed E-state index contributed by atoms with van der Waals surface area (Å²) in [6.07, 6.45) is 0.268. The molecular formula is C17H22NO4-. The van der Waals surface area contributed by atoms with Gasteiger partial charge in [-0.3, -0.25) is 0 Å². The summed E-state index contributed by atoms with van der Waals surface area (Å²) in [6, 6.07) is 9.10. The molecule has 1 aliphatic rings. The van der Waals surface area contributed by atoms with Crippen LogP contribution in [0.25, 0.3) is 0 Å². The molecule has 0 saturated carbocycles. The molecule has 2 rings (SSSR count). The number of benzene rings is 1. The summed E-state index contributed by atoms with van der Waals surface area (Å²) < 4.78 is 5.34. The number of piperidine rings is 1. The Morgan fingerprint density at radius 1 is 1.14 bits per heavy atom. The quantitative estimate of drug-likeness (QED) is 0.834. The standard InChI is InChI=1S/C17H23NO4/c1-16(2,3)22-15(21)18-11-9-17(10-12-18,14(19)20)13-7-5-4-6-8-13/h4-8H,9-12H2,1-3H3,(H,19,20)/p-1. The highest BCUT2D eigenvalue weighted by Gasteiger charge is 2.39. The topological polar surface area (TPSA) is 69.7 Å². The molecule has 0 spiro atoms. The molecule has 1 aliphatic heterocycles. The molecule has 0 radical (unpaired) electrons. The third-order valence-electron chi connectivity index (χ3n) is 3.99. The Morgan fingerprint density at radius 2 is 1.68 bits per heavy atom. The zero-order chi connectivity index (χ0) is 16.4. The molecule has 0 unspecified atom stereocenters.